The number of carbonyl (C=O) groups excluding carboxylic acids is 1. The van der Waals surface area contributed by atoms with Crippen molar-refractivity contribution in [2.45, 2.75) is 26.8 Å². The van der Waals surface area contributed by atoms with Crippen LogP contribution in [0.15, 0.2) is 0 Å². The molecule has 0 spiro atoms. The van der Waals surface area contributed by atoms with Crippen molar-refractivity contribution in [2.24, 2.45) is 5.92 Å². The molecule has 2 N–H and O–H groups in total. The van der Waals surface area contributed by atoms with Crippen LogP contribution in [0.25, 0.3) is 0 Å². The quantitative estimate of drug-likeness (QED) is 0.671. The van der Waals surface area contributed by atoms with Gasteiger partial charge in [0.2, 0.25) is 5.91 Å². The molecule has 0 aromatic heterocycles. The number of hydrogen-bond acceptors (Lipinski definition) is 4. The van der Waals surface area contributed by atoms with Crippen molar-refractivity contribution < 1.29 is 23.1 Å². The highest BCUT2D eigenvalue weighted by molar-refractivity contribution is 7.92. The Labute approximate surface area is 95.0 Å². The summed E-state index contributed by atoms with van der Waals surface area (Å²) in [6, 6.07) is -1.06. The van der Waals surface area contributed by atoms with Gasteiger partial charge in [-0.2, -0.15) is 0 Å². The van der Waals surface area contributed by atoms with Gasteiger partial charge in [0.25, 0.3) is 0 Å². The van der Waals surface area contributed by atoms with E-state index in [9.17, 15) is 18.0 Å². The third-order valence-corrected chi connectivity index (χ3v) is 3.62. The molecule has 0 aliphatic carbocycles. The van der Waals surface area contributed by atoms with Gasteiger partial charge in [-0.05, 0) is 5.92 Å². The maximum Gasteiger partial charge on any atom is 0.326 e. The Bertz CT molecular complexity index is 360. The third-order valence-electron chi connectivity index (χ3n) is 2.04. The number of carboxylic acids is 1. The molecule has 0 aromatic rings. The van der Waals surface area contributed by atoms with Crippen LogP contribution in [0.1, 0.15) is 20.8 Å². The van der Waals surface area contributed by atoms with Crippen LogP contribution in [0.5, 0.6) is 0 Å². The van der Waals surface area contributed by atoms with E-state index < -0.39 is 33.5 Å². The van der Waals surface area contributed by atoms with Gasteiger partial charge < -0.3 is 10.4 Å². The van der Waals surface area contributed by atoms with Gasteiger partial charge in [0.05, 0.1) is 0 Å². The summed E-state index contributed by atoms with van der Waals surface area (Å²) in [5, 5.41) is 11.0. The fourth-order valence-corrected chi connectivity index (χ4v) is 1.72. The molecule has 6 nitrogen and oxygen atoms in total. The van der Waals surface area contributed by atoms with E-state index in [0.717, 1.165) is 0 Å². The van der Waals surface area contributed by atoms with E-state index in [2.05, 4.69) is 5.32 Å². The second kappa shape index (κ2) is 5.83. The smallest absolute Gasteiger partial charge is 0.326 e. The van der Waals surface area contributed by atoms with Crippen molar-refractivity contribution in [1.29, 1.82) is 0 Å². The molecular weight excluding hydrogens is 234 g/mol. The van der Waals surface area contributed by atoms with E-state index in [1.807, 2.05) is 0 Å². The second-order valence-corrected chi connectivity index (χ2v) is 6.16. The molecule has 0 aliphatic heterocycles. The molecule has 1 amide bonds. The van der Waals surface area contributed by atoms with E-state index >= 15 is 0 Å². The zero-order chi connectivity index (χ0) is 12.9. The molecule has 0 aliphatic rings. The molecule has 0 fully saturated rings. The predicted octanol–water partition coefficient (Wildman–Crippen LogP) is -0.353. The lowest BCUT2D eigenvalue weighted by atomic mass is 10.1. The lowest BCUT2D eigenvalue weighted by molar-refractivity contribution is -0.142. The number of rotatable bonds is 6. The molecule has 0 saturated carbocycles. The molecule has 0 unspecified atom stereocenters. The van der Waals surface area contributed by atoms with Gasteiger partial charge in [-0.1, -0.05) is 20.8 Å². The Morgan fingerprint density at radius 2 is 1.81 bits per heavy atom. The molecule has 0 heterocycles. The van der Waals surface area contributed by atoms with E-state index in [1.54, 1.807) is 13.8 Å². The van der Waals surface area contributed by atoms with Crippen molar-refractivity contribution in [3.8, 4) is 0 Å². The molecule has 1 atom stereocenters. The molecule has 0 saturated heterocycles. The maximum absolute atomic E-state index is 11.3. The van der Waals surface area contributed by atoms with Crippen LogP contribution in [0, 0.1) is 5.92 Å². The topological polar surface area (TPSA) is 101 Å². The Hall–Kier alpha value is -1.11. The zero-order valence-electron chi connectivity index (χ0n) is 9.56. The summed E-state index contributed by atoms with van der Waals surface area (Å²) in [5.41, 5.74) is 0. The lowest BCUT2D eigenvalue weighted by Gasteiger charge is -2.17. The normalized spacial score (nSPS) is 13.5. The molecule has 0 aromatic carbocycles. The summed E-state index contributed by atoms with van der Waals surface area (Å²) in [6.07, 6.45) is 0. The van der Waals surface area contributed by atoms with Crippen LogP contribution in [0.4, 0.5) is 0 Å². The second-order valence-electron chi connectivity index (χ2n) is 3.80. The highest BCUT2D eigenvalue weighted by Crippen LogP contribution is 2.02. The summed E-state index contributed by atoms with van der Waals surface area (Å²) in [6.45, 7) is 4.69. The van der Waals surface area contributed by atoms with Crippen molar-refractivity contribution in [1.82, 2.24) is 5.32 Å². The fraction of sp³-hybridized carbons (Fsp3) is 0.778. The minimum atomic E-state index is -3.42. The van der Waals surface area contributed by atoms with Crippen LogP contribution in [-0.2, 0) is 19.4 Å². The Kier molecular flexibility index (Phi) is 5.43. The van der Waals surface area contributed by atoms with Gasteiger partial charge in [-0.15, -0.1) is 0 Å². The van der Waals surface area contributed by atoms with Gasteiger partial charge in [-0.25, -0.2) is 13.2 Å². The number of amides is 1. The monoisotopic (exact) mass is 251 g/mol. The first-order chi connectivity index (χ1) is 7.19. The van der Waals surface area contributed by atoms with Gasteiger partial charge >= 0.3 is 5.97 Å². The molecular formula is C9H17NO5S. The fourth-order valence-electron chi connectivity index (χ4n) is 1.03. The number of aliphatic carboxylic acids is 1. The van der Waals surface area contributed by atoms with Gasteiger partial charge in [0, 0.05) is 5.75 Å². The average molecular weight is 251 g/mol. The molecule has 94 valence electrons. The molecule has 0 rings (SSSR count). The maximum atomic E-state index is 11.3. The summed E-state index contributed by atoms with van der Waals surface area (Å²) < 4.78 is 22.2. The summed E-state index contributed by atoms with van der Waals surface area (Å²) >= 11 is 0. The Morgan fingerprint density at radius 3 is 2.12 bits per heavy atom. The van der Waals surface area contributed by atoms with Gasteiger partial charge in [0.1, 0.15) is 11.8 Å². The first-order valence-electron chi connectivity index (χ1n) is 4.92. The largest absolute Gasteiger partial charge is 0.480 e. The van der Waals surface area contributed by atoms with Gasteiger partial charge in [0.15, 0.2) is 9.84 Å². The highest BCUT2D eigenvalue weighted by atomic mass is 32.2. The van der Waals surface area contributed by atoms with Crippen molar-refractivity contribution >= 4 is 21.7 Å². The zero-order valence-corrected chi connectivity index (χ0v) is 10.4. The highest BCUT2D eigenvalue weighted by Gasteiger charge is 2.25. The van der Waals surface area contributed by atoms with Crippen LogP contribution < -0.4 is 5.32 Å². The van der Waals surface area contributed by atoms with E-state index in [-0.39, 0.29) is 11.7 Å². The van der Waals surface area contributed by atoms with Gasteiger partial charge in [-0.3, -0.25) is 4.79 Å². The minimum Gasteiger partial charge on any atom is -0.480 e. The molecule has 0 radical (unpaired) electrons. The number of carboxylic acid groups (broad SMARTS) is 1. The minimum absolute atomic E-state index is 0.139. The summed E-state index contributed by atoms with van der Waals surface area (Å²) in [4.78, 5) is 22.0. The predicted molar refractivity (Wildman–Crippen MR) is 58.7 cm³/mol. The van der Waals surface area contributed by atoms with Crippen LogP contribution in [0.2, 0.25) is 0 Å². The standard InChI is InChI=1S/C9H17NO5S/c1-4-16(14,15)5-7(11)10-8(6(2)3)9(12)13/h6,8H,4-5H2,1-3H3,(H,10,11)(H,12,13)/t8-/m0/s1. The summed E-state index contributed by atoms with van der Waals surface area (Å²) in [7, 11) is -3.42. The third kappa shape index (κ3) is 5.11. The Balaban J connectivity index is 4.50. The molecule has 0 bridgehead atoms. The number of sulfone groups is 1. The number of carbonyl (C=O) groups is 2. The summed E-state index contributed by atoms with van der Waals surface area (Å²) in [5.74, 6) is -3.05. The molecule has 7 heteroatoms. The molecule has 16 heavy (non-hydrogen) atoms. The van der Waals surface area contributed by atoms with Crippen LogP contribution in [-0.4, -0.2) is 42.9 Å². The first kappa shape index (κ1) is 14.9. The first-order valence-corrected chi connectivity index (χ1v) is 6.74. The van der Waals surface area contributed by atoms with Crippen LogP contribution >= 0.6 is 0 Å². The number of nitrogens with one attached hydrogen (secondary N) is 1. The van der Waals surface area contributed by atoms with Crippen molar-refractivity contribution in [2.75, 3.05) is 11.5 Å². The lowest BCUT2D eigenvalue weighted by Crippen LogP contribution is -2.46. The number of hydrogen-bond donors (Lipinski definition) is 2. The van der Waals surface area contributed by atoms with Crippen LogP contribution in [0.3, 0.4) is 0 Å². The Morgan fingerprint density at radius 1 is 1.31 bits per heavy atom. The van der Waals surface area contributed by atoms with E-state index in [0.29, 0.717) is 0 Å². The van der Waals surface area contributed by atoms with E-state index in [4.69, 9.17) is 5.11 Å². The van der Waals surface area contributed by atoms with Crippen molar-refractivity contribution in [3.05, 3.63) is 0 Å². The SMILES string of the molecule is CCS(=O)(=O)CC(=O)N[C@H](C(=O)O)C(C)C. The average Bonchev–Trinajstić information content (AvgIpc) is 2.12. The van der Waals surface area contributed by atoms with Crippen molar-refractivity contribution in [3.63, 3.8) is 0 Å². The van der Waals surface area contributed by atoms with E-state index in [1.165, 1.54) is 6.92 Å².